The maximum atomic E-state index is 13.8. The summed E-state index contributed by atoms with van der Waals surface area (Å²) in [7, 11) is 0. The van der Waals surface area contributed by atoms with Crippen molar-refractivity contribution in [1.29, 1.82) is 0 Å². The number of Topliss-reactive ketones (excluding diaryl/α,β-unsaturated/α-hetero) is 2. The predicted octanol–water partition coefficient (Wildman–Crippen LogP) is 8.22. The first-order valence-electron chi connectivity index (χ1n) is 20.5. The number of ether oxygens (including phenoxy) is 1. The average Bonchev–Trinajstić information content (AvgIpc) is 3.90. The number of amides is 1. The Morgan fingerprint density at radius 1 is 1.00 bits per heavy atom. The van der Waals surface area contributed by atoms with Gasteiger partial charge in [0.05, 0.1) is 19.1 Å². The van der Waals surface area contributed by atoms with Crippen molar-refractivity contribution in [1.82, 2.24) is 15.3 Å². The third-order valence-electron chi connectivity index (χ3n) is 12.5. The molecule has 11 nitrogen and oxygen atoms in total. The molecule has 55 heavy (non-hydrogen) atoms. The normalized spacial score (nSPS) is 22.2. The molecule has 0 saturated heterocycles. The number of carbonyl (C=O) groups excluding carboxylic acids is 3. The van der Waals surface area contributed by atoms with Crippen LogP contribution in [0.3, 0.4) is 0 Å². The van der Waals surface area contributed by atoms with Crippen LogP contribution in [0.15, 0.2) is 27.0 Å². The zero-order valence-electron chi connectivity index (χ0n) is 33.7. The van der Waals surface area contributed by atoms with Crippen LogP contribution in [-0.4, -0.2) is 63.1 Å². The molecule has 2 aromatic heterocycles. The molecule has 0 spiro atoms. The number of rotatable bonds is 16. The number of carboxylic acid groups (broad SMARTS) is 1. The number of hydrogen-bond acceptors (Lipinski definition) is 7. The molecule has 5 atom stereocenters. The van der Waals surface area contributed by atoms with Crippen molar-refractivity contribution in [3.05, 3.63) is 62.0 Å². The highest BCUT2D eigenvalue weighted by atomic mass is 16.5. The highest BCUT2D eigenvalue weighted by Crippen LogP contribution is 2.46. The summed E-state index contributed by atoms with van der Waals surface area (Å²) in [5.41, 5.74) is 13.4. The van der Waals surface area contributed by atoms with Crippen LogP contribution in [0.25, 0.3) is 6.08 Å². The van der Waals surface area contributed by atoms with Crippen LogP contribution in [0.1, 0.15) is 161 Å². The first-order valence-corrected chi connectivity index (χ1v) is 20.5. The van der Waals surface area contributed by atoms with Gasteiger partial charge in [-0.05, 0) is 69.7 Å². The summed E-state index contributed by atoms with van der Waals surface area (Å²) in [5, 5.41) is 11.6. The second-order valence-electron chi connectivity index (χ2n) is 16.1. The van der Waals surface area contributed by atoms with Crippen molar-refractivity contribution in [3.63, 3.8) is 0 Å². The van der Waals surface area contributed by atoms with Crippen LogP contribution in [0.2, 0.25) is 0 Å². The van der Waals surface area contributed by atoms with Crippen molar-refractivity contribution >= 4 is 40.9 Å². The highest BCUT2D eigenvalue weighted by molar-refractivity contribution is 6.11. The number of hydrogen-bond donors (Lipinski definition) is 4. The lowest BCUT2D eigenvalue weighted by atomic mass is 9.81. The lowest BCUT2D eigenvalue weighted by Crippen LogP contribution is -2.31. The van der Waals surface area contributed by atoms with Gasteiger partial charge in [0.25, 0.3) is 0 Å². The minimum absolute atomic E-state index is 0.0379. The molecule has 3 unspecified atom stereocenters. The Hall–Kier alpha value is -4.38. The molecule has 5 heterocycles. The molecule has 6 rings (SSSR count). The fourth-order valence-electron chi connectivity index (χ4n) is 9.28. The number of aliphatic imine (C=N–C) groups is 2. The monoisotopic (exact) mass is 753 g/mol. The van der Waals surface area contributed by atoms with Gasteiger partial charge in [-0.25, -0.2) is 0 Å². The van der Waals surface area contributed by atoms with E-state index in [-0.39, 0.29) is 73.1 Å². The number of aromatic nitrogens is 2. The molecule has 0 radical (unpaired) electrons. The molecular formula is C44H59N5O6. The van der Waals surface area contributed by atoms with Crippen LogP contribution in [0.5, 0.6) is 0 Å². The molecule has 4 N–H and O–H groups in total. The fraction of sp³-hybridized carbons (Fsp3) is 0.591. The van der Waals surface area contributed by atoms with Gasteiger partial charge in [-0.3, -0.25) is 29.2 Å². The Morgan fingerprint density at radius 2 is 1.78 bits per heavy atom. The van der Waals surface area contributed by atoms with E-state index in [2.05, 4.69) is 62.9 Å². The molecule has 0 fully saturated rings. The minimum atomic E-state index is -1.04. The van der Waals surface area contributed by atoms with Gasteiger partial charge in [0.2, 0.25) is 5.91 Å². The summed E-state index contributed by atoms with van der Waals surface area (Å²) in [6.07, 6.45) is 9.47. The number of aromatic amines is 2. The van der Waals surface area contributed by atoms with E-state index in [0.717, 1.165) is 81.5 Å². The van der Waals surface area contributed by atoms with E-state index in [4.69, 9.17) is 19.8 Å². The van der Waals surface area contributed by atoms with E-state index in [9.17, 15) is 19.2 Å². The second kappa shape index (κ2) is 17.2. The van der Waals surface area contributed by atoms with Gasteiger partial charge >= 0.3 is 5.97 Å². The molecule has 0 aromatic carbocycles. The van der Waals surface area contributed by atoms with Crippen LogP contribution in [0, 0.1) is 31.6 Å². The smallest absolute Gasteiger partial charge is 0.303 e. The Labute approximate surface area is 325 Å². The van der Waals surface area contributed by atoms with Gasteiger partial charge in [-0.15, -0.1) is 0 Å². The van der Waals surface area contributed by atoms with Gasteiger partial charge in [0.1, 0.15) is 0 Å². The number of nitrogens with zero attached hydrogens (tertiary/aromatic N) is 2. The first kappa shape index (κ1) is 40.3. The Balaban J connectivity index is 1.38. The lowest BCUT2D eigenvalue weighted by molar-refractivity contribution is -0.138. The number of ketones is 2. The maximum absolute atomic E-state index is 13.8. The number of fused-ring (bicyclic) bond motifs is 6. The van der Waals surface area contributed by atoms with Gasteiger partial charge < -0.3 is 25.1 Å². The number of nitrogens with one attached hydrogen (secondary N) is 3. The lowest BCUT2D eigenvalue weighted by Gasteiger charge is -2.22. The van der Waals surface area contributed by atoms with E-state index >= 15 is 0 Å². The summed E-state index contributed by atoms with van der Waals surface area (Å²) in [5.74, 6) is -1.67. The van der Waals surface area contributed by atoms with Crippen molar-refractivity contribution in [2.75, 3.05) is 13.2 Å². The summed E-state index contributed by atoms with van der Waals surface area (Å²) in [6.45, 7) is 15.7. The number of unbranched alkanes of at least 4 members (excludes halogenated alkanes) is 3. The molecule has 1 amide bonds. The number of H-pyrrole nitrogens is 2. The Morgan fingerprint density at radius 3 is 2.51 bits per heavy atom. The van der Waals surface area contributed by atoms with E-state index in [1.165, 1.54) is 24.0 Å². The Kier molecular flexibility index (Phi) is 12.6. The molecule has 1 aliphatic carbocycles. The largest absolute Gasteiger partial charge is 0.481 e. The highest BCUT2D eigenvalue weighted by Gasteiger charge is 2.44. The van der Waals surface area contributed by atoms with Gasteiger partial charge in [-0.1, -0.05) is 40.0 Å². The van der Waals surface area contributed by atoms with Crippen LogP contribution in [0.4, 0.5) is 0 Å². The van der Waals surface area contributed by atoms with E-state index < -0.39 is 5.97 Å². The molecule has 8 bridgehead atoms. The topological polar surface area (TPSA) is 166 Å². The second-order valence-corrected chi connectivity index (χ2v) is 16.1. The quantitative estimate of drug-likeness (QED) is 0.126. The zero-order valence-corrected chi connectivity index (χ0v) is 33.7. The molecule has 11 heteroatoms. The summed E-state index contributed by atoms with van der Waals surface area (Å²) in [6, 6.07) is 0. The van der Waals surface area contributed by atoms with Crippen molar-refractivity contribution < 1.29 is 29.0 Å². The van der Waals surface area contributed by atoms with Gasteiger partial charge in [-0.2, -0.15) is 0 Å². The van der Waals surface area contributed by atoms with Crippen LogP contribution < -0.4 is 5.32 Å². The average molecular weight is 754 g/mol. The maximum Gasteiger partial charge on any atom is 0.303 e. The summed E-state index contributed by atoms with van der Waals surface area (Å²) >= 11 is 0. The van der Waals surface area contributed by atoms with E-state index in [1.807, 2.05) is 6.92 Å². The van der Waals surface area contributed by atoms with E-state index in [1.54, 1.807) is 0 Å². The van der Waals surface area contributed by atoms with Gasteiger partial charge in [0, 0.05) is 119 Å². The number of carboxylic acids is 1. The molecule has 4 aliphatic rings. The van der Waals surface area contributed by atoms with Crippen molar-refractivity contribution in [2.45, 2.75) is 138 Å². The van der Waals surface area contributed by atoms with Crippen molar-refractivity contribution in [2.24, 2.45) is 27.7 Å². The third-order valence-corrected chi connectivity index (χ3v) is 12.5. The zero-order chi connectivity index (χ0) is 39.6. The number of carbonyl (C=O) groups is 4. The van der Waals surface area contributed by atoms with Crippen LogP contribution in [-0.2, 0) is 32.0 Å². The Bertz CT molecular complexity index is 1970. The summed E-state index contributed by atoms with van der Waals surface area (Å²) in [4.78, 5) is 68.1. The molecular weight excluding hydrogens is 695 g/mol. The minimum Gasteiger partial charge on any atom is -0.481 e. The van der Waals surface area contributed by atoms with Crippen LogP contribution >= 0.6 is 0 Å². The molecule has 296 valence electrons. The standard InChI is InChI=1S/C44H59N5O6/c1-8-10-11-12-17-55-27(7)41-25(5)34-19-33-24(4)30(14-15-39(52)45-22-28(50)13-16-40(53)54)43(48-33)31-18-38(51)42-26(6)35(49-44(31)42)20-36-29(9-2)23(3)32(46-36)21-37(41)47-34/h19,24,27,29-31,47,49H,8-18,20-22H2,1-7H3,(H,45,52)(H,53,54)/t24-,27?,29?,30-,31?/m0/s1. The first-order chi connectivity index (χ1) is 26.3. The molecule has 3 aliphatic heterocycles. The fourth-order valence-corrected chi connectivity index (χ4v) is 9.28. The summed E-state index contributed by atoms with van der Waals surface area (Å²) < 4.78 is 6.50. The number of allylic oxidation sites excluding steroid dienone is 3. The third kappa shape index (κ3) is 8.42. The molecule has 0 saturated carbocycles. The van der Waals surface area contributed by atoms with E-state index in [0.29, 0.717) is 32.3 Å². The molecule has 2 aromatic rings. The SMILES string of the molecule is CCCCCCOC(C)c1c2[nH]c(c1C)C=C1N=C(C3CC(=O)c4c3[nH]c(c4C)CC3=NC(=C(C)C3CC)C2)[C@@H](CCC(=O)NCC(=O)CCC(=O)O)[C@@H]1C. The number of aliphatic carboxylic acids is 1. The van der Waals surface area contributed by atoms with Crippen molar-refractivity contribution in [3.8, 4) is 0 Å². The van der Waals surface area contributed by atoms with Gasteiger partial charge in [0.15, 0.2) is 11.6 Å². The predicted molar refractivity (Wildman–Crippen MR) is 215 cm³/mol.